The minimum absolute atomic E-state index is 0.280. The van der Waals surface area contributed by atoms with Gasteiger partial charge in [0, 0.05) is 51.9 Å². The van der Waals surface area contributed by atoms with E-state index in [0.29, 0.717) is 6.04 Å². The summed E-state index contributed by atoms with van der Waals surface area (Å²) in [5.41, 5.74) is 3.02. The molecule has 1 saturated heterocycles. The molecule has 4 nitrogen and oxygen atoms in total. The van der Waals surface area contributed by atoms with Crippen LogP contribution in [0.25, 0.3) is 0 Å². The van der Waals surface area contributed by atoms with Gasteiger partial charge >= 0.3 is 0 Å². The molecule has 0 saturated carbocycles. The van der Waals surface area contributed by atoms with Gasteiger partial charge in [-0.1, -0.05) is 24.3 Å². The molecule has 0 bridgehead atoms. The van der Waals surface area contributed by atoms with Gasteiger partial charge in [-0.3, -0.25) is 14.7 Å². The van der Waals surface area contributed by atoms with E-state index in [2.05, 4.69) is 46.0 Å². The molecular formula is C17H27N3O. The standard InChI is InChI=1S/C17H27N3O/c1-18-13-16-5-3-2-4-15(16)12-17(18)14-20-8-6-19(7-9-20)10-11-21/h2-5,17,21H,6-14H2,1H3. The van der Waals surface area contributed by atoms with Gasteiger partial charge in [0.2, 0.25) is 0 Å². The van der Waals surface area contributed by atoms with Crippen molar-refractivity contribution in [2.75, 3.05) is 52.9 Å². The molecule has 0 aromatic heterocycles. The molecule has 3 rings (SSSR count). The number of benzene rings is 1. The zero-order valence-electron chi connectivity index (χ0n) is 13.0. The maximum absolute atomic E-state index is 9.01. The van der Waals surface area contributed by atoms with Crippen molar-refractivity contribution < 1.29 is 5.11 Å². The molecule has 116 valence electrons. The Morgan fingerprint density at radius 3 is 2.43 bits per heavy atom. The molecule has 1 unspecified atom stereocenters. The topological polar surface area (TPSA) is 30.0 Å². The van der Waals surface area contributed by atoms with Crippen LogP contribution < -0.4 is 0 Å². The van der Waals surface area contributed by atoms with Gasteiger partial charge in [0.25, 0.3) is 0 Å². The zero-order valence-corrected chi connectivity index (χ0v) is 13.0. The average molecular weight is 289 g/mol. The zero-order chi connectivity index (χ0) is 14.7. The van der Waals surface area contributed by atoms with Crippen molar-refractivity contribution in [2.24, 2.45) is 0 Å². The number of aliphatic hydroxyl groups is 1. The summed E-state index contributed by atoms with van der Waals surface area (Å²) in [6.07, 6.45) is 1.17. The number of fused-ring (bicyclic) bond motifs is 1. The van der Waals surface area contributed by atoms with Crippen LogP contribution in [0.2, 0.25) is 0 Å². The van der Waals surface area contributed by atoms with Crippen molar-refractivity contribution in [2.45, 2.75) is 19.0 Å². The first kappa shape index (κ1) is 15.0. The minimum Gasteiger partial charge on any atom is -0.395 e. The smallest absolute Gasteiger partial charge is 0.0558 e. The molecular weight excluding hydrogens is 262 g/mol. The molecule has 1 atom stereocenters. The number of piperazine rings is 1. The molecule has 0 spiro atoms. The fourth-order valence-corrected chi connectivity index (χ4v) is 3.56. The number of rotatable bonds is 4. The predicted molar refractivity (Wildman–Crippen MR) is 85.4 cm³/mol. The molecule has 2 aliphatic heterocycles. The summed E-state index contributed by atoms with van der Waals surface area (Å²) in [7, 11) is 2.25. The number of nitrogens with zero attached hydrogens (tertiary/aromatic N) is 3. The second-order valence-corrected chi connectivity index (χ2v) is 6.41. The number of β-amino-alcohol motifs (C(OH)–C–C–N with tert-alkyl or cyclic N) is 1. The van der Waals surface area contributed by atoms with E-state index in [0.717, 1.165) is 45.8 Å². The van der Waals surface area contributed by atoms with Crippen LogP contribution in [0.4, 0.5) is 0 Å². The molecule has 21 heavy (non-hydrogen) atoms. The lowest BCUT2D eigenvalue weighted by molar-refractivity contribution is 0.0830. The molecule has 1 aromatic carbocycles. The van der Waals surface area contributed by atoms with Crippen LogP contribution in [0.15, 0.2) is 24.3 Å². The Labute approximate surface area is 128 Å². The average Bonchev–Trinajstić information content (AvgIpc) is 2.50. The van der Waals surface area contributed by atoms with Crippen molar-refractivity contribution in [3.63, 3.8) is 0 Å². The summed E-state index contributed by atoms with van der Waals surface area (Å²) >= 11 is 0. The number of hydrogen-bond acceptors (Lipinski definition) is 4. The second kappa shape index (κ2) is 6.88. The highest BCUT2D eigenvalue weighted by molar-refractivity contribution is 5.30. The number of hydrogen-bond donors (Lipinski definition) is 1. The van der Waals surface area contributed by atoms with E-state index in [4.69, 9.17) is 5.11 Å². The highest BCUT2D eigenvalue weighted by Crippen LogP contribution is 2.22. The van der Waals surface area contributed by atoms with Crippen LogP contribution >= 0.6 is 0 Å². The Bertz CT molecular complexity index is 457. The molecule has 4 heteroatoms. The van der Waals surface area contributed by atoms with Gasteiger partial charge in [0.1, 0.15) is 0 Å². The lowest BCUT2D eigenvalue weighted by Gasteiger charge is -2.40. The molecule has 0 amide bonds. The Kier molecular flexibility index (Phi) is 4.91. The normalized spacial score (nSPS) is 25.0. The van der Waals surface area contributed by atoms with E-state index in [-0.39, 0.29) is 6.61 Å². The van der Waals surface area contributed by atoms with Gasteiger partial charge in [-0.2, -0.15) is 0 Å². The Balaban J connectivity index is 1.54. The third-order valence-corrected chi connectivity index (χ3v) is 4.97. The summed E-state index contributed by atoms with van der Waals surface area (Å²) < 4.78 is 0. The molecule has 1 aromatic rings. The Hall–Kier alpha value is -0.940. The largest absolute Gasteiger partial charge is 0.395 e. The molecule has 1 N–H and O–H groups in total. The van der Waals surface area contributed by atoms with Gasteiger partial charge in [0.15, 0.2) is 0 Å². The van der Waals surface area contributed by atoms with Gasteiger partial charge in [-0.05, 0) is 24.6 Å². The van der Waals surface area contributed by atoms with Gasteiger partial charge in [-0.15, -0.1) is 0 Å². The first-order chi connectivity index (χ1) is 10.3. The predicted octanol–water partition coefficient (Wildman–Crippen LogP) is 0.653. The summed E-state index contributed by atoms with van der Waals surface area (Å²) in [6, 6.07) is 9.48. The summed E-state index contributed by atoms with van der Waals surface area (Å²) in [5, 5.41) is 9.01. The monoisotopic (exact) mass is 289 g/mol. The molecule has 0 aliphatic carbocycles. The van der Waals surface area contributed by atoms with Gasteiger partial charge in [0.05, 0.1) is 6.61 Å². The van der Waals surface area contributed by atoms with Crippen molar-refractivity contribution in [1.82, 2.24) is 14.7 Å². The molecule has 2 heterocycles. The van der Waals surface area contributed by atoms with E-state index in [1.165, 1.54) is 17.5 Å². The van der Waals surface area contributed by atoms with E-state index in [9.17, 15) is 0 Å². The van der Waals surface area contributed by atoms with Gasteiger partial charge in [-0.25, -0.2) is 0 Å². The minimum atomic E-state index is 0.280. The second-order valence-electron chi connectivity index (χ2n) is 6.41. The van der Waals surface area contributed by atoms with Gasteiger partial charge < -0.3 is 5.11 Å². The fourth-order valence-electron chi connectivity index (χ4n) is 3.56. The SMILES string of the molecule is CN1Cc2ccccc2CC1CN1CCN(CCO)CC1. The molecule has 2 aliphatic rings. The van der Waals surface area contributed by atoms with Crippen molar-refractivity contribution in [3.8, 4) is 0 Å². The van der Waals surface area contributed by atoms with Crippen molar-refractivity contribution in [3.05, 3.63) is 35.4 Å². The van der Waals surface area contributed by atoms with Crippen LogP contribution in [0.1, 0.15) is 11.1 Å². The Morgan fingerprint density at radius 1 is 1.05 bits per heavy atom. The Morgan fingerprint density at radius 2 is 1.71 bits per heavy atom. The van der Waals surface area contributed by atoms with Crippen molar-refractivity contribution in [1.29, 1.82) is 0 Å². The molecule has 1 fully saturated rings. The fraction of sp³-hybridized carbons (Fsp3) is 0.647. The third kappa shape index (κ3) is 3.64. The highest BCUT2D eigenvalue weighted by atomic mass is 16.3. The lowest BCUT2D eigenvalue weighted by atomic mass is 9.94. The van der Waals surface area contributed by atoms with E-state index < -0.39 is 0 Å². The first-order valence-corrected chi connectivity index (χ1v) is 8.09. The van der Waals surface area contributed by atoms with Crippen molar-refractivity contribution >= 4 is 0 Å². The highest BCUT2D eigenvalue weighted by Gasteiger charge is 2.26. The van der Waals surface area contributed by atoms with E-state index in [1.54, 1.807) is 0 Å². The van der Waals surface area contributed by atoms with E-state index >= 15 is 0 Å². The third-order valence-electron chi connectivity index (χ3n) is 4.97. The maximum Gasteiger partial charge on any atom is 0.0558 e. The van der Waals surface area contributed by atoms with Crippen LogP contribution in [0.5, 0.6) is 0 Å². The van der Waals surface area contributed by atoms with Crippen LogP contribution in [0.3, 0.4) is 0 Å². The first-order valence-electron chi connectivity index (χ1n) is 8.09. The van der Waals surface area contributed by atoms with Crippen LogP contribution in [0, 0.1) is 0 Å². The molecule has 0 radical (unpaired) electrons. The van der Waals surface area contributed by atoms with E-state index in [1.807, 2.05) is 0 Å². The number of aliphatic hydroxyl groups excluding tert-OH is 1. The lowest BCUT2D eigenvalue weighted by Crippen LogP contribution is -2.52. The number of likely N-dealkylation sites (N-methyl/N-ethyl adjacent to an activating group) is 1. The summed E-state index contributed by atoms with van der Waals surface area (Å²) in [6.45, 7) is 7.79. The maximum atomic E-state index is 9.01. The quantitative estimate of drug-likeness (QED) is 0.882. The summed E-state index contributed by atoms with van der Waals surface area (Å²) in [5.74, 6) is 0. The van der Waals surface area contributed by atoms with Crippen LogP contribution in [-0.2, 0) is 13.0 Å². The van der Waals surface area contributed by atoms with Crippen LogP contribution in [-0.4, -0.2) is 78.8 Å². The summed E-state index contributed by atoms with van der Waals surface area (Å²) in [4.78, 5) is 7.45.